The van der Waals surface area contributed by atoms with Gasteiger partial charge < -0.3 is 15.0 Å². The molecular formula is C27H37N3O5S. The Hall–Kier alpha value is -3.07. The van der Waals surface area contributed by atoms with Gasteiger partial charge in [0, 0.05) is 12.6 Å². The normalized spacial score (nSPS) is 14.8. The molecule has 1 aliphatic rings. The maximum atomic E-state index is 13.7. The van der Waals surface area contributed by atoms with Crippen molar-refractivity contribution in [3.63, 3.8) is 0 Å². The summed E-state index contributed by atoms with van der Waals surface area (Å²) in [4.78, 5) is 28.3. The number of hydrogen-bond donors (Lipinski definition) is 1. The van der Waals surface area contributed by atoms with Crippen LogP contribution in [0.2, 0.25) is 0 Å². The number of anilines is 1. The number of ether oxygens (including phenoxy) is 1. The van der Waals surface area contributed by atoms with Crippen molar-refractivity contribution in [3.05, 3.63) is 59.7 Å². The molecule has 8 nitrogen and oxygen atoms in total. The van der Waals surface area contributed by atoms with Gasteiger partial charge in [-0.2, -0.15) is 0 Å². The molecule has 3 rings (SSSR count). The number of amides is 2. The molecule has 0 saturated heterocycles. The van der Waals surface area contributed by atoms with Crippen molar-refractivity contribution in [2.24, 2.45) is 0 Å². The van der Waals surface area contributed by atoms with E-state index in [4.69, 9.17) is 4.74 Å². The summed E-state index contributed by atoms with van der Waals surface area (Å²) in [6.07, 6.45) is 5.08. The summed E-state index contributed by atoms with van der Waals surface area (Å²) in [6, 6.07) is 13.8. The van der Waals surface area contributed by atoms with Gasteiger partial charge in [-0.3, -0.25) is 13.9 Å². The van der Waals surface area contributed by atoms with Crippen LogP contribution in [0, 0.1) is 6.92 Å². The van der Waals surface area contributed by atoms with E-state index < -0.39 is 28.5 Å². The predicted octanol–water partition coefficient (Wildman–Crippen LogP) is 3.64. The largest absolute Gasteiger partial charge is 0.492 e. The highest BCUT2D eigenvalue weighted by atomic mass is 32.2. The van der Waals surface area contributed by atoms with Crippen molar-refractivity contribution in [1.29, 1.82) is 0 Å². The van der Waals surface area contributed by atoms with E-state index in [2.05, 4.69) is 5.32 Å². The lowest BCUT2D eigenvalue weighted by Gasteiger charge is -2.32. The second kappa shape index (κ2) is 12.3. The Morgan fingerprint density at radius 1 is 1.11 bits per heavy atom. The number of hydrogen-bond acceptors (Lipinski definition) is 5. The lowest BCUT2D eigenvalue weighted by atomic mass is 10.1. The highest BCUT2D eigenvalue weighted by molar-refractivity contribution is 7.92. The number of nitrogens with zero attached hydrogens (tertiary/aromatic N) is 2. The Morgan fingerprint density at radius 2 is 1.81 bits per heavy atom. The molecule has 0 unspecified atom stereocenters. The van der Waals surface area contributed by atoms with Crippen molar-refractivity contribution in [2.75, 3.05) is 23.7 Å². The molecular weight excluding hydrogens is 478 g/mol. The van der Waals surface area contributed by atoms with Gasteiger partial charge in [0.05, 0.1) is 18.6 Å². The Morgan fingerprint density at radius 3 is 2.44 bits per heavy atom. The zero-order chi connectivity index (χ0) is 26.3. The molecule has 0 spiro atoms. The summed E-state index contributed by atoms with van der Waals surface area (Å²) in [6.45, 7) is 5.54. The number of aryl methyl sites for hydroxylation is 1. The fourth-order valence-electron chi connectivity index (χ4n) is 4.52. The van der Waals surface area contributed by atoms with Crippen LogP contribution in [0.1, 0.15) is 50.7 Å². The van der Waals surface area contributed by atoms with Crippen LogP contribution in [0.15, 0.2) is 48.5 Å². The Labute approximate surface area is 214 Å². The first kappa shape index (κ1) is 27.5. The molecule has 9 heteroatoms. The molecule has 2 aromatic rings. The first-order chi connectivity index (χ1) is 17.1. The lowest BCUT2D eigenvalue weighted by Crippen LogP contribution is -2.52. The minimum Gasteiger partial charge on any atom is -0.492 e. The van der Waals surface area contributed by atoms with Crippen LogP contribution in [0.25, 0.3) is 0 Å². The molecule has 0 aromatic heterocycles. The number of rotatable bonds is 11. The molecule has 2 aromatic carbocycles. The van der Waals surface area contributed by atoms with Crippen molar-refractivity contribution >= 4 is 27.5 Å². The molecule has 36 heavy (non-hydrogen) atoms. The molecule has 1 fully saturated rings. The Bertz CT molecular complexity index is 1160. The van der Waals surface area contributed by atoms with Crippen LogP contribution in [-0.4, -0.2) is 56.6 Å². The highest BCUT2D eigenvalue weighted by Gasteiger charge is 2.32. The molecule has 1 aliphatic carbocycles. The van der Waals surface area contributed by atoms with Crippen LogP contribution in [0.5, 0.6) is 5.75 Å². The van der Waals surface area contributed by atoms with Crippen LogP contribution in [0.3, 0.4) is 0 Å². The standard InChI is InChI=1S/C27H37N3O5S/c1-5-35-25-16-9-8-15-24(25)30(36(4,33)34)19-26(31)29(18-22-12-10-11-20(2)17-22)21(3)27(32)28-23-13-6-7-14-23/h8-12,15-17,21,23H,5-7,13-14,18-19H2,1-4H3,(H,28,32)/t21-/m1/s1. The van der Waals surface area contributed by atoms with E-state index in [1.165, 1.54) is 4.90 Å². The van der Waals surface area contributed by atoms with Gasteiger partial charge in [0.2, 0.25) is 21.8 Å². The smallest absolute Gasteiger partial charge is 0.244 e. The van der Waals surface area contributed by atoms with E-state index in [-0.39, 0.29) is 24.2 Å². The van der Waals surface area contributed by atoms with Crippen LogP contribution >= 0.6 is 0 Å². The summed E-state index contributed by atoms with van der Waals surface area (Å²) in [5, 5.41) is 3.07. The number of carbonyl (C=O) groups excluding carboxylic acids is 2. The number of sulfonamides is 1. The van der Waals surface area contributed by atoms with E-state index in [1.54, 1.807) is 38.1 Å². The predicted molar refractivity (Wildman–Crippen MR) is 141 cm³/mol. The molecule has 1 atom stereocenters. The molecule has 1 saturated carbocycles. The first-order valence-corrected chi connectivity index (χ1v) is 14.3. The number of benzene rings is 2. The molecule has 0 bridgehead atoms. The minimum absolute atomic E-state index is 0.112. The van der Waals surface area contributed by atoms with Gasteiger partial charge in [-0.15, -0.1) is 0 Å². The molecule has 2 amide bonds. The zero-order valence-corrected chi connectivity index (χ0v) is 22.4. The summed E-state index contributed by atoms with van der Waals surface area (Å²) in [7, 11) is -3.83. The van der Waals surface area contributed by atoms with Gasteiger partial charge in [0.25, 0.3) is 0 Å². The topological polar surface area (TPSA) is 96.0 Å². The van der Waals surface area contributed by atoms with Crippen molar-refractivity contribution in [3.8, 4) is 5.75 Å². The van der Waals surface area contributed by atoms with Crippen LogP contribution < -0.4 is 14.4 Å². The summed E-state index contributed by atoms with van der Waals surface area (Å²) in [5.74, 6) is -0.332. The fraction of sp³-hybridized carbons (Fsp3) is 0.481. The van der Waals surface area contributed by atoms with Crippen molar-refractivity contribution < 1.29 is 22.7 Å². The van der Waals surface area contributed by atoms with Gasteiger partial charge in [-0.1, -0.05) is 54.8 Å². The van der Waals surface area contributed by atoms with Gasteiger partial charge >= 0.3 is 0 Å². The molecule has 0 radical (unpaired) electrons. The fourth-order valence-corrected chi connectivity index (χ4v) is 5.37. The summed E-state index contributed by atoms with van der Waals surface area (Å²) in [5.41, 5.74) is 2.18. The second-order valence-electron chi connectivity index (χ2n) is 9.35. The second-order valence-corrected chi connectivity index (χ2v) is 11.3. The van der Waals surface area contributed by atoms with Gasteiger partial charge in [0.15, 0.2) is 0 Å². The maximum Gasteiger partial charge on any atom is 0.244 e. The van der Waals surface area contributed by atoms with E-state index in [0.29, 0.717) is 12.4 Å². The minimum atomic E-state index is -3.83. The summed E-state index contributed by atoms with van der Waals surface area (Å²) >= 11 is 0. The SMILES string of the molecule is CCOc1ccccc1N(CC(=O)N(Cc1cccc(C)c1)[C@H](C)C(=O)NC1CCCC1)S(C)(=O)=O. The Balaban J connectivity index is 1.91. The third-order valence-corrected chi connectivity index (χ3v) is 7.54. The molecule has 0 aliphatic heterocycles. The monoisotopic (exact) mass is 515 g/mol. The molecule has 196 valence electrons. The first-order valence-electron chi connectivity index (χ1n) is 12.4. The number of carbonyl (C=O) groups is 2. The number of para-hydroxylation sites is 2. The van der Waals surface area contributed by atoms with Crippen LogP contribution in [-0.2, 0) is 26.2 Å². The highest BCUT2D eigenvalue weighted by Crippen LogP contribution is 2.30. The summed E-state index contributed by atoms with van der Waals surface area (Å²) < 4.78 is 32.3. The molecule has 1 N–H and O–H groups in total. The average Bonchev–Trinajstić information content (AvgIpc) is 3.33. The van der Waals surface area contributed by atoms with E-state index >= 15 is 0 Å². The number of nitrogens with one attached hydrogen (secondary N) is 1. The lowest BCUT2D eigenvalue weighted by molar-refractivity contribution is -0.139. The van der Waals surface area contributed by atoms with Crippen molar-refractivity contribution in [2.45, 2.75) is 65.1 Å². The van der Waals surface area contributed by atoms with Gasteiger partial charge in [0.1, 0.15) is 18.3 Å². The quantitative estimate of drug-likeness (QED) is 0.493. The Kier molecular flexibility index (Phi) is 9.37. The maximum absolute atomic E-state index is 13.7. The zero-order valence-electron chi connectivity index (χ0n) is 21.6. The third kappa shape index (κ3) is 7.22. The molecule has 0 heterocycles. The van der Waals surface area contributed by atoms with Crippen molar-refractivity contribution in [1.82, 2.24) is 10.2 Å². The average molecular weight is 516 g/mol. The van der Waals surface area contributed by atoms with Gasteiger partial charge in [-0.25, -0.2) is 8.42 Å². The van der Waals surface area contributed by atoms with Gasteiger partial charge in [-0.05, 0) is 51.3 Å². The van der Waals surface area contributed by atoms with E-state index in [1.807, 2.05) is 31.2 Å². The van der Waals surface area contributed by atoms with Crippen LogP contribution in [0.4, 0.5) is 5.69 Å². The van der Waals surface area contributed by atoms with E-state index in [9.17, 15) is 18.0 Å². The third-order valence-electron chi connectivity index (χ3n) is 6.42. The van der Waals surface area contributed by atoms with E-state index in [0.717, 1.165) is 47.4 Å².